The molecule has 3 rings (SSSR count). The van der Waals surface area contributed by atoms with E-state index in [0.717, 1.165) is 5.56 Å². The van der Waals surface area contributed by atoms with E-state index in [1.807, 2.05) is 0 Å². The highest BCUT2D eigenvalue weighted by molar-refractivity contribution is 6.14. The summed E-state index contributed by atoms with van der Waals surface area (Å²) >= 11 is 0. The van der Waals surface area contributed by atoms with E-state index < -0.39 is 11.6 Å². The number of ether oxygens (including phenoxy) is 4. The van der Waals surface area contributed by atoms with Gasteiger partial charge in [-0.25, -0.2) is 4.79 Å². The van der Waals surface area contributed by atoms with Gasteiger partial charge < -0.3 is 18.9 Å². The zero-order valence-electron chi connectivity index (χ0n) is 16.3. The molecular formula is C22H22O6. The van der Waals surface area contributed by atoms with E-state index in [9.17, 15) is 9.59 Å². The van der Waals surface area contributed by atoms with Crippen molar-refractivity contribution in [1.29, 1.82) is 0 Å². The molecule has 146 valence electrons. The summed E-state index contributed by atoms with van der Waals surface area (Å²) in [6, 6.07) is 12.1. The highest BCUT2D eigenvalue weighted by Gasteiger charge is 2.31. The maximum atomic E-state index is 12.5. The molecule has 1 aliphatic heterocycles. The summed E-state index contributed by atoms with van der Waals surface area (Å²) in [7, 11) is 1.55. The number of hydrogen-bond acceptors (Lipinski definition) is 6. The molecule has 0 N–H and O–H groups in total. The van der Waals surface area contributed by atoms with E-state index in [4.69, 9.17) is 18.9 Å². The quantitative estimate of drug-likeness (QED) is 0.555. The number of hydrogen-bond donors (Lipinski definition) is 0. The molecule has 28 heavy (non-hydrogen) atoms. The molecule has 2 aromatic rings. The topological polar surface area (TPSA) is 71.1 Å². The molecule has 0 aliphatic carbocycles. The van der Waals surface area contributed by atoms with Crippen molar-refractivity contribution in [3.05, 3.63) is 59.4 Å². The lowest BCUT2D eigenvalue weighted by Crippen LogP contribution is -2.39. The summed E-state index contributed by atoms with van der Waals surface area (Å²) in [6.45, 7) is 5.34. The van der Waals surface area contributed by atoms with Crippen molar-refractivity contribution >= 4 is 17.8 Å². The number of allylic oxidation sites excluding steroid dienone is 1. The highest BCUT2D eigenvalue weighted by atomic mass is 16.6. The third-order valence-electron chi connectivity index (χ3n) is 4.19. The smallest absolute Gasteiger partial charge is 0.349 e. The third kappa shape index (κ3) is 4.01. The molecule has 6 heteroatoms. The van der Waals surface area contributed by atoms with Crippen molar-refractivity contribution in [2.45, 2.75) is 26.4 Å². The van der Waals surface area contributed by atoms with Gasteiger partial charge in [-0.15, -0.1) is 0 Å². The number of benzene rings is 2. The minimum atomic E-state index is -1.10. The molecule has 2 aromatic carbocycles. The summed E-state index contributed by atoms with van der Waals surface area (Å²) in [6.07, 6.45) is 1.66. The zero-order chi connectivity index (χ0) is 20.3. The molecule has 0 bridgehead atoms. The Hall–Kier alpha value is -3.28. The zero-order valence-corrected chi connectivity index (χ0v) is 16.3. The first-order chi connectivity index (χ1) is 13.3. The largest absolute Gasteiger partial charge is 0.497 e. The second-order valence-corrected chi connectivity index (χ2v) is 6.70. The summed E-state index contributed by atoms with van der Waals surface area (Å²) in [5, 5.41) is 0. The van der Waals surface area contributed by atoms with Crippen molar-refractivity contribution in [2.24, 2.45) is 0 Å². The van der Waals surface area contributed by atoms with Gasteiger partial charge in [-0.05, 0) is 62.7 Å². The second-order valence-electron chi connectivity index (χ2n) is 6.70. The minimum absolute atomic E-state index is 0.197. The standard InChI is InChI=1S/C22H22O6/c1-5-26-21(24)22(2,3)28-15-8-6-14(7-9-15)12-19-20(23)17-13-16(25-4)10-11-18(17)27-19/h6-13H,5H2,1-4H3/b19-12-. The molecule has 0 saturated heterocycles. The number of Topliss-reactive ketones (excluding diaryl/α,β-unsaturated/α-hetero) is 1. The van der Waals surface area contributed by atoms with Crippen LogP contribution in [0.5, 0.6) is 17.2 Å². The van der Waals surface area contributed by atoms with Gasteiger partial charge in [-0.1, -0.05) is 12.1 Å². The van der Waals surface area contributed by atoms with Crippen LogP contribution in [-0.2, 0) is 9.53 Å². The predicted molar refractivity (Wildman–Crippen MR) is 104 cm³/mol. The molecule has 0 fully saturated rings. The number of fused-ring (bicyclic) bond motifs is 1. The van der Waals surface area contributed by atoms with Crippen LogP contribution in [0.15, 0.2) is 48.2 Å². The Kier molecular flexibility index (Phi) is 5.40. The van der Waals surface area contributed by atoms with Crippen LogP contribution in [0.4, 0.5) is 0 Å². The molecule has 0 unspecified atom stereocenters. The Morgan fingerprint density at radius 3 is 2.43 bits per heavy atom. The van der Waals surface area contributed by atoms with Crippen LogP contribution in [0, 0.1) is 0 Å². The normalized spacial score (nSPS) is 14.4. The van der Waals surface area contributed by atoms with Crippen LogP contribution in [0.25, 0.3) is 6.08 Å². The van der Waals surface area contributed by atoms with Crippen molar-refractivity contribution in [2.75, 3.05) is 13.7 Å². The molecule has 0 saturated carbocycles. The maximum Gasteiger partial charge on any atom is 0.349 e. The number of carbonyl (C=O) groups is 2. The first kappa shape index (κ1) is 19.5. The Bertz CT molecular complexity index is 925. The summed E-state index contributed by atoms with van der Waals surface area (Å²) in [5.74, 6) is 1.24. The molecule has 0 atom stereocenters. The van der Waals surface area contributed by atoms with Crippen LogP contribution >= 0.6 is 0 Å². The Labute approximate surface area is 163 Å². The average molecular weight is 382 g/mol. The van der Waals surface area contributed by atoms with Gasteiger partial charge in [0, 0.05) is 0 Å². The number of ketones is 1. The van der Waals surface area contributed by atoms with Gasteiger partial charge in [0.15, 0.2) is 11.4 Å². The van der Waals surface area contributed by atoms with Gasteiger partial charge in [0.2, 0.25) is 5.78 Å². The van der Waals surface area contributed by atoms with Gasteiger partial charge in [0.05, 0.1) is 19.3 Å². The lowest BCUT2D eigenvalue weighted by Gasteiger charge is -2.24. The maximum absolute atomic E-state index is 12.5. The fraction of sp³-hybridized carbons (Fsp3) is 0.273. The molecule has 6 nitrogen and oxygen atoms in total. The van der Waals surface area contributed by atoms with Crippen LogP contribution in [0.1, 0.15) is 36.7 Å². The van der Waals surface area contributed by atoms with E-state index in [1.54, 1.807) is 76.4 Å². The summed E-state index contributed by atoms with van der Waals surface area (Å²) < 4.78 is 21.6. The number of rotatable bonds is 6. The summed E-state index contributed by atoms with van der Waals surface area (Å²) in [4.78, 5) is 24.5. The van der Waals surface area contributed by atoms with Gasteiger partial charge in [0.1, 0.15) is 17.2 Å². The fourth-order valence-corrected chi connectivity index (χ4v) is 2.72. The van der Waals surface area contributed by atoms with Crippen LogP contribution in [-0.4, -0.2) is 31.1 Å². The van der Waals surface area contributed by atoms with Crippen LogP contribution in [0.2, 0.25) is 0 Å². The first-order valence-corrected chi connectivity index (χ1v) is 8.92. The van der Waals surface area contributed by atoms with Crippen LogP contribution < -0.4 is 14.2 Å². The molecular weight excluding hydrogens is 360 g/mol. The SMILES string of the molecule is CCOC(=O)C(C)(C)Oc1ccc(/C=C2\Oc3ccc(OC)cc3C2=O)cc1. The van der Waals surface area contributed by atoms with Crippen molar-refractivity contribution in [3.63, 3.8) is 0 Å². The van der Waals surface area contributed by atoms with Crippen molar-refractivity contribution in [3.8, 4) is 17.2 Å². The summed E-state index contributed by atoms with van der Waals surface area (Å²) in [5.41, 5.74) is 0.146. The molecule has 0 radical (unpaired) electrons. The monoisotopic (exact) mass is 382 g/mol. The number of esters is 1. The van der Waals surface area contributed by atoms with Gasteiger partial charge in [0.25, 0.3) is 0 Å². The molecule has 0 aromatic heterocycles. The van der Waals surface area contributed by atoms with Crippen LogP contribution in [0.3, 0.4) is 0 Å². The van der Waals surface area contributed by atoms with Gasteiger partial charge in [-0.3, -0.25) is 4.79 Å². The van der Waals surface area contributed by atoms with E-state index in [-0.39, 0.29) is 11.5 Å². The van der Waals surface area contributed by atoms with E-state index in [2.05, 4.69) is 0 Å². The number of carbonyl (C=O) groups excluding carboxylic acids is 2. The molecule has 1 heterocycles. The average Bonchev–Trinajstić information content (AvgIpc) is 2.98. The van der Waals surface area contributed by atoms with Gasteiger partial charge in [-0.2, -0.15) is 0 Å². The van der Waals surface area contributed by atoms with E-state index in [1.165, 1.54) is 0 Å². The fourth-order valence-electron chi connectivity index (χ4n) is 2.72. The van der Waals surface area contributed by atoms with Crippen molar-refractivity contribution < 1.29 is 28.5 Å². The van der Waals surface area contributed by atoms with Crippen molar-refractivity contribution in [1.82, 2.24) is 0 Å². The molecule has 1 aliphatic rings. The predicted octanol–water partition coefficient (Wildman–Crippen LogP) is 4.03. The Morgan fingerprint density at radius 2 is 1.79 bits per heavy atom. The highest BCUT2D eigenvalue weighted by Crippen LogP contribution is 2.34. The second kappa shape index (κ2) is 7.76. The number of methoxy groups -OCH3 is 1. The van der Waals surface area contributed by atoms with Gasteiger partial charge >= 0.3 is 5.97 Å². The Balaban J connectivity index is 1.74. The first-order valence-electron chi connectivity index (χ1n) is 8.92. The lowest BCUT2D eigenvalue weighted by molar-refractivity contribution is -0.158. The lowest BCUT2D eigenvalue weighted by atomic mass is 10.1. The Morgan fingerprint density at radius 1 is 1.11 bits per heavy atom. The third-order valence-corrected chi connectivity index (χ3v) is 4.19. The van der Waals surface area contributed by atoms with E-state index in [0.29, 0.717) is 29.4 Å². The molecule has 0 spiro atoms. The molecule has 0 amide bonds. The van der Waals surface area contributed by atoms with E-state index >= 15 is 0 Å². The minimum Gasteiger partial charge on any atom is -0.497 e.